The van der Waals surface area contributed by atoms with Gasteiger partial charge in [-0.25, -0.2) is 4.39 Å². The van der Waals surface area contributed by atoms with Gasteiger partial charge in [-0.15, -0.1) is 0 Å². The van der Waals surface area contributed by atoms with Gasteiger partial charge >= 0.3 is 0 Å². The zero-order chi connectivity index (χ0) is 18.8. The molecule has 0 spiro atoms. The van der Waals surface area contributed by atoms with E-state index in [4.69, 9.17) is 9.47 Å². The summed E-state index contributed by atoms with van der Waals surface area (Å²) >= 11 is 0. The number of nitrogens with one attached hydrogen (secondary N) is 1. The van der Waals surface area contributed by atoms with Crippen molar-refractivity contribution in [3.05, 3.63) is 59.9 Å². The number of hydrogen-bond acceptors (Lipinski definition) is 3. The van der Waals surface area contributed by atoms with Crippen molar-refractivity contribution in [1.29, 1.82) is 0 Å². The van der Waals surface area contributed by atoms with Crippen LogP contribution in [0.4, 0.5) is 4.39 Å². The molecule has 26 heavy (non-hydrogen) atoms. The third-order valence-corrected chi connectivity index (χ3v) is 3.94. The summed E-state index contributed by atoms with van der Waals surface area (Å²) < 4.78 is 24.6. The van der Waals surface area contributed by atoms with Crippen molar-refractivity contribution in [2.75, 3.05) is 13.2 Å². The Balaban J connectivity index is 1.75. The molecular formula is C21H26FNO3. The number of carbonyl (C=O) groups excluding carboxylic acids is 1. The van der Waals surface area contributed by atoms with E-state index in [0.717, 1.165) is 18.6 Å². The Morgan fingerprint density at radius 1 is 1.12 bits per heavy atom. The highest BCUT2D eigenvalue weighted by molar-refractivity contribution is 5.81. The number of hydrogen-bond donors (Lipinski definition) is 1. The molecule has 2 aromatic rings. The molecule has 0 radical (unpaired) electrons. The largest absolute Gasteiger partial charge is 0.494 e. The average molecular weight is 359 g/mol. The first-order chi connectivity index (χ1) is 12.6. The van der Waals surface area contributed by atoms with Crippen molar-refractivity contribution in [2.24, 2.45) is 0 Å². The third kappa shape index (κ3) is 6.06. The standard InChI is InChI=1S/C21H26FNO3/c1-3-19(26-20-10-6-5-9-18(20)22)21(24)23-15-7-8-16-11-13-17(14-12-16)25-4-2/h5-6,9-14,19H,3-4,7-8,15H2,1-2H3,(H,23,24)/t19-/m1/s1. The van der Waals surface area contributed by atoms with Gasteiger partial charge in [-0.2, -0.15) is 0 Å². The van der Waals surface area contributed by atoms with E-state index in [-0.39, 0.29) is 11.7 Å². The molecule has 0 heterocycles. The van der Waals surface area contributed by atoms with Crippen LogP contribution in [0.2, 0.25) is 0 Å². The number of rotatable bonds is 10. The number of para-hydroxylation sites is 1. The summed E-state index contributed by atoms with van der Waals surface area (Å²) in [6.45, 7) is 4.99. The number of ether oxygens (including phenoxy) is 2. The van der Waals surface area contributed by atoms with Crippen LogP contribution >= 0.6 is 0 Å². The van der Waals surface area contributed by atoms with Crippen LogP contribution in [0.1, 0.15) is 32.3 Å². The Bertz CT molecular complexity index is 688. The summed E-state index contributed by atoms with van der Waals surface area (Å²) in [6, 6.07) is 14.1. The van der Waals surface area contributed by atoms with E-state index in [1.54, 1.807) is 12.1 Å². The summed E-state index contributed by atoms with van der Waals surface area (Å²) in [6.07, 6.45) is 1.45. The number of benzene rings is 2. The first-order valence-electron chi connectivity index (χ1n) is 9.04. The fourth-order valence-corrected chi connectivity index (χ4v) is 2.55. The fraction of sp³-hybridized carbons (Fsp3) is 0.381. The molecule has 1 amide bonds. The minimum absolute atomic E-state index is 0.101. The Hall–Kier alpha value is -2.56. The topological polar surface area (TPSA) is 47.6 Å². The summed E-state index contributed by atoms with van der Waals surface area (Å²) in [4.78, 5) is 12.2. The minimum Gasteiger partial charge on any atom is -0.494 e. The molecule has 140 valence electrons. The van der Waals surface area contributed by atoms with E-state index >= 15 is 0 Å². The lowest BCUT2D eigenvalue weighted by atomic mass is 10.1. The van der Waals surface area contributed by atoms with E-state index in [0.29, 0.717) is 19.6 Å². The van der Waals surface area contributed by atoms with Crippen molar-refractivity contribution in [3.8, 4) is 11.5 Å². The van der Waals surface area contributed by atoms with Gasteiger partial charge in [0.05, 0.1) is 6.61 Å². The maximum Gasteiger partial charge on any atom is 0.261 e. The Labute approximate surface area is 154 Å². The van der Waals surface area contributed by atoms with Crippen molar-refractivity contribution in [3.63, 3.8) is 0 Å². The second kappa shape index (κ2) is 10.4. The SMILES string of the molecule is CCOc1ccc(CCCNC(=O)[C@@H](CC)Oc2ccccc2F)cc1. The zero-order valence-electron chi connectivity index (χ0n) is 15.3. The van der Waals surface area contributed by atoms with Gasteiger partial charge in [0, 0.05) is 6.54 Å². The van der Waals surface area contributed by atoms with Crippen molar-refractivity contribution < 1.29 is 18.7 Å². The first-order valence-corrected chi connectivity index (χ1v) is 9.04. The molecule has 0 bridgehead atoms. The van der Waals surface area contributed by atoms with Gasteiger partial charge in [-0.05, 0) is 56.0 Å². The number of aryl methyl sites for hydroxylation is 1. The Kier molecular flexibility index (Phi) is 7.93. The monoisotopic (exact) mass is 359 g/mol. The molecule has 0 fully saturated rings. The third-order valence-electron chi connectivity index (χ3n) is 3.94. The van der Waals surface area contributed by atoms with Gasteiger partial charge in [0.25, 0.3) is 5.91 Å². The normalized spacial score (nSPS) is 11.7. The highest BCUT2D eigenvalue weighted by Gasteiger charge is 2.19. The smallest absolute Gasteiger partial charge is 0.261 e. The number of carbonyl (C=O) groups is 1. The Morgan fingerprint density at radius 3 is 2.50 bits per heavy atom. The van der Waals surface area contributed by atoms with Crippen molar-refractivity contribution in [2.45, 2.75) is 39.2 Å². The van der Waals surface area contributed by atoms with E-state index < -0.39 is 11.9 Å². The summed E-state index contributed by atoms with van der Waals surface area (Å²) in [5.74, 6) is 0.279. The lowest BCUT2D eigenvalue weighted by molar-refractivity contribution is -0.128. The van der Waals surface area contributed by atoms with E-state index in [1.165, 1.54) is 17.7 Å². The van der Waals surface area contributed by atoms with E-state index in [1.807, 2.05) is 38.1 Å². The lowest BCUT2D eigenvalue weighted by Crippen LogP contribution is -2.38. The highest BCUT2D eigenvalue weighted by atomic mass is 19.1. The van der Waals surface area contributed by atoms with Crippen LogP contribution < -0.4 is 14.8 Å². The van der Waals surface area contributed by atoms with Crippen molar-refractivity contribution >= 4 is 5.91 Å². The molecule has 0 saturated heterocycles. The number of halogens is 1. The molecule has 4 nitrogen and oxygen atoms in total. The average Bonchev–Trinajstić information content (AvgIpc) is 2.66. The maximum absolute atomic E-state index is 13.7. The lowest BCUT2D eigenvalue weighted by Gasteiger charge is -2.17. The first kappa shape index (κ1) is 19.8. The van der Waals surface area contributed by atoms with Gasteiger partial charge in [-0.3, -0.25) is 4.79 Å². The maximum atomic E-state index is 13.7. The predicted octanol–water partition coefficient (Wildman–Crippen LogP) is 4.13. The van der Waals surface area contributed by atoms with Gasteiger partial charge in [0.2, 0.25) is 0 Å². The summed E-state index contributed by atoms with van der Waals surface area (Å²) in [5, 5.41) is 2.86. The number of amides is 1. The molecule has 0 aromatic heterocycles. The second-order valence-corrected chi connectivity index (χ2v) is 5.92. The van der Waals surface area contributed by atoms with Crippen LogP contribution in [0, 0.1) is 5.82 Å². The van der Waals surface area contributed by atoms with Crippen LogP contribution in [0.25, 0.3) is 0 Å². The van der Waals surface area contributed by atoms with Crippen LogP contribution in [-0.2, 0) is 11.2 Å². The molecule has 2 rings (SSSR count). The molecule has 0 aliphatic carbocycles. The highest BCUT2D eigenvalue weighted by Crippen LogP contribution is 2.18. The molecule has 0 saturated carbocycles. The summed E-state index contributed by atoms with van der Waals surface area (Å²) in [7, 11) is 0. The quantitative estimate of drug-likeness (QED) is 0.649. The minimum atomic E-state index is -0.697. The van der Waals surface area contributed by atoms with Crippen LogP contribution in [-0.4, -0.2) is 25.2 Å². The Morgan fingerprint density at radius 2 is 1.85 bits per heavy atom. The van der Waals surface area contributed by atoms with Crippen LogP contribution in [0.15, 0.2) is 48.5 Å². The molecule has 1 N–H and O–H groups in total. The van der Waals surface area contributed by atoms with Crippen LogP contribution in [0.5, 0.6) is 11.5 Å². The van der Waals surface area contributed by atoms with E-state index in [2.05, 4.69) is 5.32 Å². The van der Waals surface area contributed by atoms with Gasteiger partial charge in [0.15, 0.2) is 17.7 Å². The second-order valence-electron chi connectivity index (χ2n) is 5.92. The predicted molar refractivity (Wildman–Crippen MR) is 100 cm³/mol. The zero-order valence-corrected chi connectivity index (χ0v) is 15.3. The molecular weight excluding hydrogens is 333 g/mol. The van der Waals surface area contributed by atoms with Gasteiger partial charge in [0.1, 0.15) is 5.75 Å². The molecule has 0 unspecified atom stereocenters. The molecule has 0 aliphatic rings. The van der Waals surface area contributed by atoms with E-state index in [9.17, 15) is 9.18 Å². The fourth-order valence-electron chi connectivity index (χ4n) is 2.55. The molecule has 0 aliphatic heterocycles. The molecule has 5 heteroatoms. The molecule has 2 aromatic carbocycles. The van der Waals surface area contributed by atoms with Gasteiger partial charge < -0.3 is 14.8 Å². The van der Waals surface area contributed by atoms with Gasteiger partial charge in [-0.1, -0.05) is 31.2 Å². The van der Waals surface area contributed by atoms with Crippen LogP contribution in [0.3, 0.4) is 0 Å². The molecule has 1 atom stereocenters. The summed E-state index contributed by atoms with van der Waals surface area (Å²) in [5.41, 5.74) is 1.19. The van der Waals surface area contributed by atoms with Crippen molar-refractivity contribution in [1.82, 2.24) is 5.32 Å².